The van der Waals surface area contributed by atoms with Crippen molar-refractivity contribution < 1.29 is 24.3 Å². The number of fused-ring (bicyclic) bond motifs is 1. The molecule has 2 atom stereocenters. The third-order valence-electron chi connectivity index (χ3n) is 6.42. The van der Waals surface area contributed by atoms with Crippen molar-refractivity contribution in [1.29, 1.82) is 0 Å². The molecule has 1 saturated heterocycles. The summed E-state index contributed by atoms with van der Waals surface area (Å²) in [4.78, 5) is 49.9. The second-order valence-electron chi connectivity index (χ2n) is 9.54. The first kappa shape index (κ1) is 32.1. The minimum atomic E-state index is -1.06. The number of unbranched alkanes of at least 4 members (excludes halogenated alkanes) is 1. The van der Waals surface area contributed by atoms with E-state index in [4.69, 9.17) is 0 Å². The quantitative estimate of drug-likeness (QED) is 0.280. The molecule has 0 bridgehead atoms. The van der Waals surface area contributed by atoms with Gasteiger partial charge in [0.25, 0.3) is 0 Å². The molecule has 0 saturated carbocycles. The summed E-state index contributed by atoms with van der Waals surface area (Å²) >= 11 is 1.52. The molecule has 0 spiro atoms. The molecule has 1 fully saturated rings. The summed E-state index contributed by atoms with van der Waals surface area (Å²) in [7, 11) is 0. The first-order chi connectivity index (χ1) is 18.8. The molecule has 3 rings (SSSR count). The molecule has 0 aromatic heterocycles. The van der Waals surface area contributed by atoms with Crippen molar-refractivity contribution in [1.82, 2.24) is 20.9 Å². The highest BCUT2D eigenvalue weighted by Crippen LogP contribution is 2.20. The zero-order valence-corrected chi connectivity index (χ0v) is 24.0. The molecule has 214 valence electrons. The van der Waals surface area contributed by atoms with Crippen LogP contribution in [-0.2, 0) is 25.7 Å². The smallest absolute Gasteiger partial charge is 0.326 e. The fourth-order valence-electron chi connectivity index (χ4n) is 4.09. The Hall–Kier alpha value is -3.11. The normalized spacial score (nSPS) is 15.3. The number of amides is 3. The first-order valence-electron chi connectivity index (χ1n) is 13.6. The number of nitrogens with one attached hydrogen (secondary N) is 3. The van der Waals surface area contributed by atoms with E-state index in [-0.39, 0.29) is 30.8 Å². The van der Waals surface area contributed by atoms with Crippen molar-refractivity contribution in [3.05, 3.63) is 48.0 Å². The Morgan fingerprint density at radius 2 is 1.85 bits per heavy atom. The zero-order chi connectivity index (χ0) is 28.6. The van der Waals surface area contributed by atoms with Gasteiger partial charge in [-0.1, -0.05) is 69.2 Å². The van der Waals surface area contributed by atoms with Gasteiger partial charge in [0, 0.05) is 26.1 Å². The molecule has 0 radical (unpaired) electrons. The molecule has 9 nitrogen and oxygen atoms in total. The van der Waals surface area contributed by atoms with Gasteiger partial charge >= 0.3 is 5.97 Å². The van der Waals surface area contributed by atoms with Gasteiger partial charge in [-0.2, -0.15) is 11.8 Å². The Morgan fingerprint density at radius 1 is 1.13 bits per heavy atom. The number of carbonyl (C=O) groups is 4. The maximum atomic E-state index is 12.8. The lowest BCUT2D eigenvalue weighted by atomic mass is 10.0. The topological polar surface area (TPSA) is 128 Å². The molecule has 10 heteroatoms. The van der Waals surface area contributed by atoms with Crippen molar-refractivity contribution in [3.8, 4) is 0 Å². The summed E-state index contributed by atoms with van der Waals surface area (Å²) in [5.74, 6) is -1.19. The number of thioether (sulfide) groups is 1. The minimum Gasteiger partial charge on any atom is -0.480 e. The van der Waals surface area contributed by atoms with Crippen LogP contribution in [0.1, 0.15) is 51.5 Å². The maximum absolute atomic E-state index is 12.8. The van der Waals surface area contributed by atoms with E-state index in [2.05, 4.69) is 29.8 Å². The van der Waals surface area contributed by atoms with E-state index >= 15 is 0 Å². The Labute approximate surface area is 235 Å². The zero-order valence-electron chi connectivity index (χ0n) is 23.2. The number of hydrogen-bond acceptors (Lipinski definition) is 6. The third kappa shape index (κ3) is 11.3. The Bertz CT molecular complexity index is 1090. The van der Waals surface area contributed by atoms with Crippen molar-refractivity contribution >= 4 is 46.2 Å². The van der Waals surface area contributed by atoms with Gasteiger partial charge in [-0.3, -0.25) is 19.3 Å². The highest BCUT2D eigenvalue weighted by atomic mass is 32.2. The molecule has 1 aliphatic rings. The highest BCUT2D eigenvalue weighted by molar-refractivity contribution is 7.98. The minimum absolute atomic E-state index is 0.0116. The number of rotatable bonds is 14. The van der Waals surface area contributed by atoms with Crippen LogP contribution in [0.3, 0.4) is 0 Å². The van der Waals surface area contributed by atoms with E-state index in [1.165, 1.54) is 24.6 Å². The molecule has 0 aliphatic carbocycles. The van der Waals surface area contributed by atoms with Gasteiger partial charge in [0.1, 0.15) is 12.1 Å². The molecule has 2 aromatic carbocycles. The number of carbonyl (C=O) groups excluding carboxylic acids is 3. The maximum Gasteiger partial charge on any atom is 0.326 e. The predicted octanol–water partition coefficient (Wildman–Crippen LogP) is 3.17. The van der Waals surface area contributed by atoms with E-state index in [0.717, 1.165) is 16.3 Å². The van der Waals surface area contributed by atoms with Crippen LogP contribution in [0.25, 0.3) is 10.8 Å². The van der Waals surface area contributed by atoms with Crippen molar-refractivity contribution in [2.45, 2.75) is 64.6 Å². The molecule has 1 unspecified atom stereocenters. The van der Waals surface area contributed by atoms with E-state index in [0.29, 0.717) is 38.1 Å². The molecule has 39 heavy (non-hydrogen) atoms. The summed E-state index contributed by atoms with van der Waals surface area (Å²) in [5, 5.41) is 19.7. The van der Waals surface area contributed by atoms with Crippen LogP contribution in [0.2, 0.25) is 0 Å². The van der Waals surface area contributed by atoms with Crippen LogP contribution in [0.5, 0.6) is 0 Å². The van der Waals surface area contributed by atoms with Crippen molar-refractivity contribution in [2.75, 3.05) is 31.6 Å². The van der Waals surface area contributed by atoms with E-state index in [9.17, 15) is 24.3 Å². The van der Waals surface area contributed by atoms with Crippen molar-refractivity contribution in [3.63, 3.8) is 0 Å². The van der Waals surface area contributed by atoms with E-state index in [1.54, 1.807) is 0 Å². The van der Waals surface area contributed by atoms with Crippen LogP contribution in [0.4, 0.5) is 0 Å². The second-order valence-corrected chi connectivity index (χ2v) is 10.5. The molecule has 1 aliphatic heterocycles. The van der Waals surface area contributed by atoms with Gasteiger partial charge in [-0.25, -0.2) is 4.79 Å². The number of nitrogens with zero attached hydrogens (tertiary/aromatic N) is 1. The average Bonchev–Trinajstić information content (AvgIpc) is 3.37. The van der Waals surface area contributed by atoms with Crippen LogP contribution < -0.4 is 16.0 Å². The predicted molar refractivity (Wildman–Crippen MR) is 157 cm³/mol. The summed E-state index contributed by atoms with van der Waals surface area (Å²) in [5.41, 5.74) is 1.03. The van der Waals surface area contributed by atoms with Gasteiger partial charge in [-0.15, -0.1) is 0 Å². The number of benzene rings is 2. The van der Waals surface area contributed by atoms with Crippen LogP contribution in [-0.4, -0.2) is 77.4 Å². The number of carboxylic acid groups (broad SMARTS) is 1. The van der Waals surface area contributed by atoms with Gasteiger partial charge in [-0.05, 0) is 41.2 Å². The lowest BCUT2D eigenvalue weighted by Crippen LogP contribution is -2.48. The fraction of sp³-hybridized carbons (Fsp3) is 0.517. The Kier molecular flexibility index (Phi) is 14.4. The molecular formula is C29H42N4O5S. The number of hydrogen-bond donors (Lipinski definition) is 4. The molecule has 3 amide bonds. The number of aliphatic carboxylic acids is 1. The standard InChI is InChI=1S/C25H32N4O5S.C4H10/c1-35-14-11-21(25(33)34)28-23(31)16-29(13-12-26-24(32)20-9-10-22(30)27-20)15-18-7-4-6-17-5-2-3-8-19(17)18;1-3-4-2/h2-8,20-21H,9-16H2,1H3,(H,26,32)(H,27,30)(H,28,31)(H,33,34);3-4H2,1-2H3/t20?,21-;/m0./s1. The second kappa shape index (κ2) is 17.5. The largest absolute Gasteiger partial charge is 0.480 e. The fourth-order valence-corrected chi connectivity index (χ4v) is 4.56. The summed E-state index contributed by atoms with van der Waals surface area (Å²) < 4.78 is 0. The Balaban J connectivity index is 0.00000124. The van der Waals surface area contributed by atoms with Crippen molar-refractivity contribution in [2.24, 2.45) is 0 Å². The first-order valence-corrected chi connectivity index (χ1v) is 15.0. The van der Waals surface area contributed by atoms with Gasteiger partial charge in [0.2, 0.25) is 17.7 Å². The van der Waals surface area contributed by atoms with Crippen LogP contribution in [0.15, 0.2) is 42.5 Å². The van der Waals surface area contributed by atoms with Gasteiger partial charge in [0.15, 0.2) is 0 Å². The molecule has 4 N–H and O–H groups in total. The van der Waals surface area contributed by atoms with Gasteiger partial charge in [0.05, 0.1) is 6.54 Å². The summed E-state index contributed by atoms with van der Waals surface area (Å²) in [6, 6.07) is 12.5. The molecule has 1 heterocycles. The summed E-state index contributed by atoms with van der Waals surface area (Å²) in [6.07, 6.45) is 5.68. The number of carboxylic acids is 1. The van der Waals surface area contributed by atoms with E-state index < -0.39 is 18.1 Å². The summed E-state index contributed by atoms with van der Waals surface area (Å²) in [6.45, 7) is 5.47. The lowest BCUT2D eigenvalue weighted by Gasteiger charge is -2.24. The average molecular weight is 559 g/mol. The molecular weight excluding hydrogens is 516 g/mol. The van der Waals surface area contributed by atoms with Gasteiger partial charge < -0.3 is 21.1 Å². The molecule has 2 aromatic rings. The van der Waals surface area contributed by atoms with Crippen LogP contribution >= 0.6 is 11.8 Å². The SMILES string of the molecule is CCCC.CSCC[C@H](NC(=O)CN(CCNC(=O)C1CCC(=O)N1)Cc1cccc2ccccc12)C(=O)O. The third-order valence-corrected chi connectivity index (χ3v) is 7.07. The van der Waals surface area contributed by atoms with E-state index in [1.807, 2.05) is 53.6 Å². The highest BCUT2D eigenvalue weighted by Gasteiger charge is 2.27. The lowest BCUT2D eigenvalue weighted by molar-refractivity contribution is -0.142. The monoisotopic (exact) mass is 558 g/mol. The Morgan fingerprint density at radius 3 is 2.49 bits per heavy atom. The van der Waals surface area contributed by atoms with Crippen LogP contribution in [0, 0.1) is 0 Å².